The maximum atomic E-state index is 4.80. The van der Waals surface area contributed by atoms with E-state index in [2.05, 4.69) is 20.8 Å². The molecule has 0 radical (unpaired) electrons. The smallest absolute Gasteiger partial charge is 0.0515 e. The van der Waals surface area contributed by atoms with Crippen molar-refractivity contribution in [3.8, 4) is 0 Å². The summed E-state index contributed by atoms with van der Waals surface area (Å²) in [6.45, 7) is 12.1. The number of hydrogen-bond acceptors (Lipinski definition) is 3. The van der Waals surface area contributed by atoms with Gasteiger partial charge in [-0.1, -0.05) is 20.8 Å². The molecule has 0 aromatic carbocycles. The van der Waals surface area contributed by atoms with Gasteiger partial charge in [0.25, 0.3) is 0 Å². The van der Waals surface area contributed by atoms with Crippen molar-refractivity contribution < 1.29 is 14.2 Å². The van der Waals surface area contributed by atoms with Crippen LogP contribution >= 0.6 is 0 Å². The van der Waals surface area contributed by atoms with Crippen LogP contribution in [0.5, 0.6) is 0 Å². The van der Waals surface area contributed by atoms with Crippen LogP contribution in [0.2, 0.25) is 0 Å². The van der Waals surface area contributed by atoms with Gasteiger partial charge in [0.15, 0.2) is 0 Å². The Balaban J connectivity index is -0.000000160. The summed E-state index contributed by atoms with van der Waals surface area (Å²) in [5.41, 5.74) is 0. The maximum Gasteiger partial charge on any atom is 0.0515 e. The average molecular weight is 236 g/mol. The molecule has 0 saturated heterocycles. The summed E-state index contributed by atoms with van der Waals surface area (Å²) in [7, 11) is 5.13. The van der Waals surface area contributed by atoms with E-state index in [0.717, 1.165) is 19.6 Å². The van der Waals surface area contributed by atoms with Crippen LogP contribution in [0.3, 0.4) is 0 Å². The average Bonchev–Trinajstić information content (AvgIpc) is 2.20. The van der Waals surface area contributed by atoms with Gasteiger partial charge in [-0.15, -0.1) is 0 Å². The molecule has 0 unspecified atom stereocenters. The van der Waals surface area contributed by atoms with Crippen LogP contribution in [0.25, 0.3) is 0 Å². The van der Waals surface area contributed by atoms with Gasteiger partial charge in [-0.3, -0.25) is 0 Å². The Morgan fingerprint density at radius 2 is 1.31 bits per heavy atom. The van der Waals surface area contributed by atoms with Gasteiger partial charge in [0.2, 0.25) is 0 Å². The molecule has 0 aromatic heterocycles. The second kappa shape index (κ2) is 20.3. The van der Waals surface area contributed by atoms with Gasteiger partial charge in [-0.05, 0) is 26.2 Å². The van der Waals surface area contributed by atoms with Crippen molar-refractivity contribution in [2.24, 2.45) is 5.92 Å². The highest BCUT2D eigenvalue weighted by molar-refractivity contribution is 4.35. The van der Waals surface area contributed by atoms with Crippen molar-refractivity contribution in [3.05, 3.63) is 0 Å². The highest BCUT2D eigenvalue weighted by Crippen LogP contribution is 1.88. The fraction of sp³-hybridized carbons (Fsp3) is 1.00. The lowest BCUT2D eigenvalue weighted by molar-refractivity contribution is 0.134. The summed E-state index contributed by atoms with van der Waals surface area (Å²) in [6, 6.07) is 0. The highest BCUT2D eigenvalue weighted by atomic mass is 16.5. The Bertz CT molecular complexity index is 91.2. The predicted octanol–water partition coefficient (Wildman–Crippen LogP) is 3.37. The maximum absolute atomic E-state index is 4.80. The first-order chi connectivity index (χ1) is 7.45. The molecule has 0 spiro atoms. The molecular weight excluding hydrogens is 204 g/mol. The number of methoxy groups -OCH3 is 3. The Morgan fingerprint density at radius 3 is 1.31 bits per heavy atom. The zero-order valence-corrected chi connectivity index (χ0v) is 12.5. The monoisotopic (exact) mass is 236 g/mol. The van der Waals surface area contributed by atoms with Gasteiger partial charge in [0, 0.05) is 34.5 Å². The van der Waals surface area contributed by atoms with E-state index < -0.39 is 0 Å². The van der Waals surface area contributed by atoms with Crippen LogP contribution < -0.4 is 0 Å². The van der Waals surface area contributed by atoms with Gasteiger partial charge >= 0.3 is 0 Å². The van der Waals surface area contributed by atoms with Crippen molar-refractivity contribution in [1.29, 1.82) is 0 Å². The Hall–Kier alpha value is -0.120. The minimum Gasteiger partial charge on any atom is -0.385 e. The van der Waals surface area contributed by atoms with Crippen LogP contribution in [0.15, 0.2) is 0 Å². The van der Waals surface area contributed by atoms with Crippen molar-refractivity contribution in [2.45, 2.75) is 47.1 Å². The molecule has 0 rings (SSSR count). The van der Waals surface area contributed by atoms with E-state index in [-0.39, 0.29) is 0 Å². The van der Waals surface area contributed by atoms with E-state index in [0.29, 0.717) is 12.0 Å². The largest absolute Gasteiger partial charge is 0.385 e. The summed E-state index contributed by atoms with van der Waals surface area (Å²) < 4.78 is 14.2. The zero-order valence-electron chi connectivity index (χ0n) is 12.5. The lowest BCUT2D eigenvalue weighted by Crippen LogP contribution is -1.96. The third-order valence-electron chi connectivity index (χ3n) is 1.38. The molecule has 0 fully saturated rings. The summed E-state index contributed by atoms with van der Waals surface area (Å²) >= 11 is 0. The highest BCUT2D eigenvalue weighted by Gasteiger charge is 1.85. The third-order valence-corrected chi connectivity index (χ3v) is 1.38. The minimum absolute atomic E-state index is 0.384. The van der Waals surface area contributed by atoms with Gasteiger partial charge in [-0.25, -0.2) is 0 Å². The van der Waals surface area contributed by atoms with E-state index >= 15 is 0 Å². The molecule has 0 aromatic rings. The van der Waals surface area contributed by atoms with Crippen molar-refractivity contribution in [1.82, 2.24) is 0 Å². The summed E-state index contributed by atoms with van der Waals surface area (Å²) in [5, 5.41) is 0. The molecule has 3 heteroatoms. The molecule has 0 heterocycles. The van der Waals surface area contributed by atoms with Gasteiger partial charge in [0.1, 0.15) is 0 Å². The fourth-order valence-electron chi connectivity index (χ4n) is 0.537. The topological polar surface area (TPSA) is 27.7 Å². The van der Waals surface area contributed by atoms with E-state index in [9.17, 15) is 0 Å². The van der Waals surface area contributed by atoms with Crippen LogP contribution in [0.1, 0.15) is 41.0 Å². The molecule has 0 aliphatic carbocycles. The van der Waals surface area contributed by atoms with E-state index in [1.54, 1.807) is 21.3 Å². The van der Waals surface area contributed by atoms with E-state index in [1.165, 1.54) is 0 Å². The standard InChI is InChI=1S/C5H12O.2C4H10O/c1-5(2)4-6-3;1-4(2)5-3;1-3-4-5-2/h5H,4H2,1-3H3;4H,1-3H3;3-4H2,1-2H3. The quantitative estimate of drug-likeness (QED) is 0.732. The summed E-state index contributed by atoms with van der Waals surface area (Å²) in [4.78, 5) is 0. The van der Waals surface area contributed by atoms with Crippen LogP contribution in [0, 0.1) is 5.92 Å². The molecule has 0 saturated carbocycles. The fourth-order valence-corrected chi connectivity index (χ4v) is 0.537. The number of rotatable bonds is 5. The molecule has 0 aliphatic rings. The van der Waals surface area contributed by atoms with Crippen LogP contribution in [-0.4, -0.2) is 40.6 Å². The van der Waals surface area contributed by atoms with Gasteiger partial charge in [-0.2, -0.15) is 0 Å². The molecular formula is C13H32O3. The zero-order chi connectivity index (χ0) is 13.4. The second-order valence-corrected chi connectivity index (χ2v) is 4.13. The lowest BCUT2D eigenvalue weighted by Gasteiger charge is -1.97. The van der Waals surface area contributed by atoms with Gasteiger partial charge in [0.05, 0.1) is 6.10 Å². The number of ether oxygens (including phenoxy) is 3. The summed E-state index contributed by atoms with van der Waals surface area (Å²) in [5.74, 6) is 0.676. The second-order valence-electron chi connectivity index (χ2n) is 4.13. The molecule has 0 N–H and O–H groups in total. The van der Waals surface area contributed by atoms with E-state index in [4.69, 9.17) is 14.2 Å². The Labute approximate surface area is 102 Å². The third kappa shape index (κ3) is 48.6. The SMILES string of the molecule is CCCOC.COC(C)C.COCC(C)C. The number of hydrogen-bond donors (Lipinski definition) is 0. The van der Waals surface area contributed by atoms with Crippen molar-refractivity contribution >= 4 is 0 Å². The molecule has 0 atom stereocenters. The Kier molecular flexibility index (Phi) is 26.9. The normalized spacial score (nSPS) is 9.38. The molecule has 16 heavy (non-hydrogen) atoms. The Morgan fingerprint density at radius 1 is 0.875 bits per heavy atom. The molecule has 102 valence electrons. The molecule has 0 bridgehead atoms. The molecule has 3 nitrogen and oxygen atoms in total. The predicted molar refractivity (Wildman–Crippen MR) is 71.0 cm³/mol. The molecule has 0 amide bonds. The lowest BCUT2D eigenvalue weighted by atomic mass is 10.2. The first-order valence-corrected chi connectivity index (χ1v) is 5.96. The van der Waals surface area contributed by atoms with Crippen molar-refractivity contribution in [2.75, 3.05) is 34.5 Å². The van der Waals surface area contributed by atoms with Crippen LogP contribution in [0.4, 0.5) is 0 Å². The van der Waals surface area contributed by atoms with E-state index in [1.807, 2.05) is 13.8 Å². The molecule has 0 aliphatic heterocycles. The van der Waals surface area contributed by atoms with Crippen LogP contribution in [-0.2, 0) is 14.2 Å². The first-order valence-electron chi connectivity index (χ1n) is 5.96. The summed E-state index contributed by atoms with van der Waals surface area (Å²) in [6.07, 6.45) is 1.51. The van der Waals surface area contributed by atoms with Crippen molar-refractivity contribution in [3.63, 3.8) is 0 Å². The minimum atomic E-state index is 0.384. The first kappa shape index (κ1) is 21.2. The van der Waals surface area contributed by atoms with Gasteiger partial charge < -0.3 is 14.2 Å².